The summed E-state index contributed by atoms with van der Waals surface area (Å²) in [6.07, 6.45) is 3.72. The Bertz CT molecular complexity index is 749. The molecule has 0 aromatic carbocycles. The normalized spacial score (nSPS) is 22.5. The largest absolute Gasteiger partial charge is 0.324 e. The van der Waals surface area contributed by atoms with Crippen LogP contribution in [0.4, 0.5) is 14.3 Å². The first kappa shape index (κ1) is 13.6. The number of nitrogens with one attached hydrogen (secondary N) is 1. The number of amides is 2. The molecule has 22 heavy (non-hydrogen) atoms. The minimum Gasteiger partial charge on any atom is -0.314 e. The molecule has 0 spiro atoms. The quantitative estimate of drug-likeness (QED) is 0.820. The summed E-state index contributed by atoms with van der Waals surface area (Å²) >= 11 is 1.34. The number of anilines is 1. The topological polar surface area (TPSA) is 71.0 Å². The number of carbonyl (C=O) groups is 1. The molecule has 2 amide bonds. The van der Waals surface area contributed by atoms with Crippen LogP contribution in [0.25, 0.3) is 0 Å². The van der Waals surface area contributed by atoms with Crippen LogP contribution in [0.5, 0.6) is 0 Å². The molecule has 2 bridgehead atoms. The van der Waals surface area contributed by atoms with Gasteiger partial charge in [0.05, 0.1) is 6.04 Å². The fourth-order valence-electron chi connectivity index (χ4n) is 3.43. The van der Waals surface area contributed by atoms with Crippen molar-refractivity contribution in [3.8, 4) is 0 Å². The van der Waals surface area contributed by atoms with Crippen LogP contribution in [0, 0.1) is 12.9 Å². The Hall–Kier alpha value is -2.09. The number of aryl methyl sites for hydroxylation is 1. The van der Waals surface area contributed by atoms with Crippen LogP contribution in [0.3, 0.4) is 0 Å². The van der Waals surface area contributed by atoms with E-state index in [-0.39, 0.29) is 18.1 Å². The fourth-order valence-corrected chi connectivity index (χ4v) is 4.01. The molecule has 4 heterocycles. The van der Waals surface area contributed by atoms with Crippen molar-refractivity contribution in [2.75, 3.05) is 5.32 Å². The molecule has 2 aromatic rings. The van der Waals surface area contributed by atoms with Gasteiger partial charge in [0.25, 0.3) is 0 Å². The van der Waals surface area contributed by atoms with Crippen molar-refractivity contribution in [1.29, 1.82) is 0 Å². The number of carbonyl (C=O) groups excluding carboxylic acids is 1. The van der Waals surface area contributed by atoms with Gasteiger partial charge in [-0.3, -0.25) is 5.32 Å². The Morgan fingerprint density at radius 1 is 1.45 bits per heavy atom. The lowest BCUT2D eigenvalue weighted by molar-refractivity contribution is 0.178. The average molecular weight is 319 g/mol. The predicted octanol–water partition coefficient (Wildman–Crippen LogP) is 2.67. The van der Waals surface area contributed by atoms with Gasteiger partial charge in [0, 0.05) is 17.8 Å². The molecule has 114 valence electrons. The first-order valence-corrected chi connectivity index (χ1v) is 7.98. The summed E-state index contributed by atoms with van der Waals surface area (Å²) in [4.78, 5) is 18.1. The van der Waals surface area contributed by atoms with Crippen LogP contribution < -0.4 is 5.32 Å². The zero-order chi connectivity index (χ0) is 15.3. The van der Waals surface area contributed by atoms with E-state index in [2.05, 4.69) is 20.5 Å². The maximum Gasteiger partial charge on any atom is 0.324 e. The van der Waals surface area contributed by atoms with Crippen molar-refractivity contribution in [1.82, 2.24) is 20.1 Å². The van der Waals surface area contributed by atoms with Gasteiger partial charge in [-0.15, -0.1) is 10.2 Å². The highest BCUT2D eigenvalue weighted by atomic mass is 32.1. The summed E-state index contributed by atoms with van der Waals surface area (Å²) < 4.78 is 13.9. The van der Waals surface area contributed by atoms with Gasteiger partial charge in [0.15, 0.2) is 0 Å². The van der Waals surface area contributed by atoms with E-state index in [1.807, 2.05) is 17.9 Å². The molecule has 1 saturated heterocycles. The lowest BCUT2D eigenvalue weighted by Gasteiger charge is -2.35. The molecule has 2 atom stereocenters. The van der Waals surface area contributed by atoms with Gasteiger partial charge >= 0.3 is 6.03 Å². The summed E-state index contributed by atoms with van der Waals surface area (Å²) in [6, 6.07) is 1.57. The second-order valence-corrected chi connectivity index (χ2v) is 6.77. The first-order chi connectivity index (χ1) is 10.6. The van der Waals surface area contributed by atoms with Gasteiger partial charge in [0.1, 0.15) is 5.01 Å². The van der Waals surface area contributed by atoms with Crippen LogP contribution in [0.2, 0.25) is 0 Å². The van der Waals surface area contributed by atoms with Crippen LogP contribution in [0.1, 0.15) is 35.0 Å². The van der Waals surface area contributed by atoms with Gasteiger partial charge in [-0.2, -0.15) is 4.39 Å². The molecule has 2 aromatic heterocycles. The number of hydrogen-bond acceptors (Lipinski definition) is 5. The van der Waals surface area contributed by atoms with Crippen molar-refractivity contribution in [2.45, 2.75) is 38.3 Å². The molecule has 8 heteroatoms. The fraction of sp³-hybridized carbons (Fsp3) is 0.429. The molecule has 2 unspecified atom stereocenters. The van der Waals surface area contributed by atoms with Crippen molar-refractivity contribution >= 4 is 22.5 Å². The lowest BCUT2D eigenvalue weighted by Crippen LogP contribution is -2.44. The molecule has 0 radical (unpaired) electrons. The van der Waals surface area contributed by atoms with E-state index < -0.39 is 5.95 Å². The predicted molar refractivity (Wildman–Crippen MR) is 79.2 cm³/mol. The molecule has 1 fully saturated rings. The van der Waals surface area contributed by atoms with E-state index in [1.165, 1.54) is 17.5 Å². The van der Waals surface area contributed by atoms with Crippen LogP contribution in [-0.4, -0.2) is 32.2 Å². The zero-order valence-electron chi connectivity index (χ0n) is 11.9. The van der Waals surface area contributed by atoms with Crippen LogP contribution in [-0.2, 0) is 6.42 Å². The molecular formula is C14H14FN5OS. The number of aromatic nitrogens is 3. The number of fused-ring (bicyclic) bond motifs is 4. The molecule has 6 nitrogen and oxygen atoms in total. The molecule has 2 aliphatic heterocycles. The SMILES string of the molecule is Cc1nnc(NC(=O)N2C3CCC2c2ccnc(F)c2C3)s1. The molecule has 2 aliphatic rings. The highest BCUT2D eigenvalue weighted by Crippen LogP contribution is 2.44. The van der Waals surface area contributed by atoms with Gasteiger partial charge < -0.3 is 4.90 Å². The third kappa shape index (κ3) is 2.06. The summed E-state index contributed by atoms with van der Waals surface area (Å²) in [7, 11) is 0. The summed E-state index contributed by atoms with van der Waals surface area (Å²) in [5.74, 6) is -0.408. The monoisotopic (exact) mass is 319 g/mol. The van der Waals surface area contributed by atoms with Gasteiger partial charge in [-0.1, -0.05) is 11.3 Å². The maximum atomic E-state index is 13.9. The molecule has 0 saturated carbocycles. The van der Waals surface area contributed by atoms with E-state index in [0.29, 0.717) is 17.1 Å². The number of hydrogen-bond donors (Lipinski definition) is 1. The molecule has 4 rings (SSSR count). The van der Waals surface area contributed by atoms with E-state index in [1.54, 1.807) is 0 Å². The standard InChI is InChI=1S/C14H14FN5OS/c1-7-18-19-13(22-7)17-14(21)20-8-2-3-11(20)9-4-5-16-12(15)10(9)6-8/h4-5,8,11H,2-3,6H2,1H3,(H,17,19,21). The van der Waals surface area contributed by atoms with Crippen molar-refractivity contribution in [3.05, 3.63) is 34.3 Å². The van der Waals surface area contributed by atoms with Gasteiger partial charge in [0.2, 0.25) is 11.1 Å². The van der Waals surface area contributed by atoms with Crippen LogP contribution >= 0.6 is 11.3 Å². The highest BCUT2D eigenvalue weighted by molar-refractivity contribution is 7.15. The van der Waals surface area contributed by atoms with E-state index in [9.17, 15) is 9.18 Å². The number of nitrogens with zero attached hydrogens (tertiary/aromatic N) is 4. The van der Waals surface area contributed by atoms with Crippen LogP contribution in [0.15, 0.2) is 12.3 Å². The Balaban J connectivity index is 1.62. The molecule has 0 aliphatic carbocycles. The van der Waals surface area contributed by atoms with E-state index >= 15 is 0 Å². The average Bonchev–Trinajstić information content (AvgIpc) is 3.03. The molecule has 1 N–H and O–H groups in total. The Kier molecular flexibility index (Phi) is 3.07. The second kappa shape index (κ2) is 4.98. The van der Waals surface area contributed by atoms with Crippen molar-refractivity contribution < 1.29 is 9.18 Å². The summed E-state index contributed by atoms with van der Waals surface area (Å²) in [6.45, 7) is 1.84. The van der Waals surface area contributed by atoms with Gasteiger partial charge in [-0.05, 0) is 37.8 Å². The van der Waals surface area contributed by atoms with Crippen molar-refractivity contribution in [2.24, 2.45) is 0 Å². The maximum absolute atomic E-state index is 13.9. The van der Waals surface area contributed by atoms with E-state index in [0.717, 1.165) is 23.4 Å². The lowest BCUT2D eigenvalue weighted by atomic mass is 9.95. The molecular weight excluding hydrogens is 305 g/mol. The summed E-state index contributed by atoms with van der Waals surface area (Å²) in [5, 5.41) is 11.9. The van der Waals surface area contributed by atoms with E-state index in [4.69, 9.17) is 0 Å². The van der Waals surface area contributed by atoms with Gasteiger partial charge in [-0.25, -0.2) is 9.78 Å². The Morgan fingerprint density at radius 2 is 2.32 bits per heavy atom. The minimum atomic E-state index is -0.408. The number of pyridine rings is 1. The third-order valence-electron chi connectivity index (χ3n) is 4.32. The zero-order valence-corrected chi connectivity index (χ0v) is 12.7. The number of halogens is 1. The Morgan fingerprint density at radius 3 is 3.09 bits per heavy atom. The van der Waals surface area contributed by atoms with Crippen molar-refractivity contribution in [3.63, 3.8) is 0 Å². The highest BCUT2D eigenvalue weighted by Gasteiger charge is 2.43. The summed E-state index contributed by atoms with van der Waals surface area (Å²) in [5.41, 5.74) is 1.54. The smallest absolute Gasteiger partial charge is 0.314 e. The third-order valence-corrected chi connectivity index (χ3v) is 5.07. The number of urea groups is 1. The first-order valence-electron chi connectivity index (χ1n) is 7.16. The number of rotatable bonds is 1. The minimum absolute atomic E-state index is 0.0187. The second-order valence-electron chi connectivity index (χ2n) is 5.58. The Labute approximate surface area is 130 Å².